The molecule has 0 aliphatic rings. The maximum Gasteiger partial charge on any atom is 0.319 e. The maximum absolute atomic E-state index is 13.5. The highest BCUT2D eigenvalue weighted by atomic mass is 19.1. The Bertz CT molecular complexity index is 1020. The van der Waals surface area contributed by atoms with Crippen molar-refractivity contribution < 1.29 is 14.3 Å². The number of aromatic nitrogens is 2. The molecule has 2 amide bonds. The number of urea groups is 1. The van der Waals surface area contributed by atoms with Crippen molar-refractivity contribution in [3.8, 4) is 11.4 Å². The third-order valence-electron chi connectivity index (χ3n) is 5.13. The van der Waals surface area contributed by atoms with Crippen LogP contribution in [-0.2, 0) is 7.05 Å². The zero-order valence-electron chi connectivity index (χ0n) is 16.5. The summed E-state index contributed by atoms with van der Waals surface area (Å²) >= 11 is 0. The standard InChI is InChI=1S/C21H25FN4O2/c1-5-21(3,12-27)25-20(28)24-16-10-14(7-6-13(16)2)19-23-17-11-15(22)8-9-18(17)26(19)4/h6-11,27H,5,12H2,1-4H3,(H2,24,25,28). The molecule has 3 aromatic rings. The number of amides is 2. The van der Waals surface area contributed by atoms with Gasteiger partial charge in [-0.1, -0.05) is 19.1 Å². The molecule has 0 fully saturated rings. The summed E-state index contributed by atoms with van der Waals surface area (Å²) in [6.45, 7) is 5.44. The molecule has 3 N–H and O–H groups in total. The first-order valence-corrected chi connectivity index (χ1v) is 9.19. The number of fused-ring (bicyclic) bond motifs is 1. The number of carbonyl (C=O) groups is 1. The van der Waals surface area contributed by atoms with E-state index in [0.717, 1.165) is 16.6 Å². The smallest absolute Gasteiger partial charge is 0.319 e. The van der Waals surface area contributed by atoms with Gasteiger partial charge in [0.15, 0.2) is 0 Å². The lowest BCUT2D eigenvalue weighted by molar-refractivity contribution is 0.172. The van der Waals surface area contributed by atoms with Gasteiger partial charge in [0.25, 0.3) is 0 Å². The van der Waals surface area contributed by atoms with Crippen LogP contribution in [-0.4, -0.2) is 32.8 Å². The van der Waals surface area contributed by atoms with Crippen LogP contribution in [0.1, 0.15) is 25.8 Å². The Hall–Kier alpha value is -2.93. The van der Waals surface area contributed by atoms with Crippen molar-refractivity contribution >= 4 is 22.8 Å². The number of nitrogens with zero attached hydrogens (tertiary/aromatic N) is 2. The molecule has 1 unspecified atom stereocenters. The van der Waals surface area contributed by atoms with Crippen LogP contribution >= 0.6 is 0 Å². The van der Waals surface area contributed by atoms with E-state index in [9.17, 15) is 14.3 Å². The number of anilines is 1. The van der Waals surface area contributed by atoms with E-state index in [0.29, 0.717) is 23.4 Å². The molecule has 3 rings (SSSR count). The van der Waals surface area contributed by atoms with Gasteiger partial charge in [0.2, 0.25) is 0 Å². The number of hydrogen-bond acceptors (Lipinski definition) is 3. The zero-order valence-corrected chi connectivity index (χ0v) is 16.5. The van der Waals surface area contributed by atoms with Crippen molar-refractivity contribution in [1.29, 1.82) is 0 Å². The van der Waals surface area contributed by atoms with Gasteiger partial charge in [0.1, 0.15) is 11.6 Å². The van der Waals surface area contributed by atoms with Gasteiger partial charge in [-0.2, -0.15) is 0 Å². The third-order valence-corrected chi connectivity index (χ3v) is 5.13. The van der Waals surface area contributed by atoms with Gasteiger partial charge in [-0.25, -0.2) is 14.2 Å². The molecule has 1 aromatic heterocycles. The first-order chi connectivity index (χ1) is 13.3. The van der Waals surface area contributed by atoms with E-state index < -0.39 is 5.54 Å². The predicted octanol–water partition coefficient (Wildman–Crippen LogP) is 3.97. The first kappa shape index (κ1) is 19.8. The summed E-state index contributed by atoms with van der Waals surface area (Å²) in [5, 5.41) is 15.1. The number of halogens is 1. The Labute approximate surface area is 163 Å². The molecule has 0 aliphatic heterocycles. The Morgan fingerprint density at radius 3 is 2.71 bits per heavy atom. The van der Waals surface area contributed by atoms with Crippen LogP contribution in [0.15, 0.2) is 36.4 Å². The summed E-state index contributed by atoms with van der Waals surface area (Å²) in [6.07, 6.45) is 0.604. The Balaban J connectivity index is 1.92. The molecule has 1 heterocycles. The average Bonchev–Trinajstić information content (AvgIpc) is 2.99. The number of hydrogen-bond donors (Lipinski definition) is 3. The third kappa shape index (κ3) is 3.84. The molecule has 6 nitrogen and oxygen atoms in total. The molecule has 0 aliphatic carbocycles. The summed E-state index contributed by atoms with van der Waals surface area (Å²) in [4.78, 5) is 16.9. The van der Waals surface area contributed by atoms with Crippen LogP contribution in [0.2, 0.25) is 0 Å². The second kappa shape index (κ2) is 7.59. The van der Waals surface area contributed by atoms with Gasteiger partial charge in [0, 0.05) is 24.4 Å². The minimum atomic E-state index is -0.683. The number of imidazole rings is 1. The van der Waals surface area contributed by atoms with Crippen LogP contribution in [0, 0.1) is 12.7 Å². The van der Waals surface area contributed by atoms with Crippen LogP contribution in [0.25, 0.3) is 22.4 Å². The molecule has 7 heteroatoms. The van der Waals surface area contributed by atoms with Gasteiger partial charge in [-0.3, -0.25) is 0 Å². The number of aryl methyl sites for hydroxylation is 2. The fourth-order valence-electron chi connectivity index (χ4n) is 2.99. The summed E-state index contributed by atoms with van der Waals surface area (Å²) in [6, 6.07) is 9.78. The Kier molecular flexibility index (Phi) is 5.38. The molecule has 148 valence electrons. The minimum absolute atomic E-state index is 0.146. The summed E-state index contributed by atoms with van der Waals surface area (Å²) in [5.74, 6) is 0.348. The number of aliphatic hydroxyl groups excluding tert-OH is 1. The van der Waals surface area contributed by atoms with Gasteiger partial charge in [-0.15, -0.1) is 0 Å². The number of carbonyl (C=O) groups excluding carboxylic acids is 1. The first-order valence-electron chi connectivity index (χ1n) is 9.19. The molecule has 0 bridgehead atoms. The second-order valence-electron chi connectivity index (χ2n) is 7.31. The number of rotatable bonds is 5. The van der Waals surface area contributed by atoms with Crippen molar-refractivity contribution in [1.82, 2.24) is 14.9 Å². The highest BCUT2D eigenvalue weighted by molar-refractivity contribution is 5.91. The quantitative estimate of drug-likeness (QED) is 0.623. The van der Waals surface area contributed by atoms with Crippen molar-refractivity contribution in [3.63, 3.8) is 0 Å². The van der Waals surface area contributed by atoms with Crippen LogP contribution in [0.5, 0.6) is 0 Å². The van der Waals surface area contributed by atoms with E-state index in [-0.39, 0.29) is 18.5 Å². The zero-order chi connectivity index (χ0) is 20.5. The lowest BCUT2D eigenvalue weighted by atomic mass is 10.0. The van der Waals surface area contributed by atoms with Crippen molar-refractivity contribution in [2.75, 3.05) is 11.9 Å². The van der Waals surface area contributed by atoms with E-state index in [1.54, 1.807) is 13.0 Å². The van der Waals surface area contributed by atoms with Gasteiger partial charge in [0.05, 0.1) is 23.2 Å². The summed E-state index contributed by atoms with van der Waals surface area (Å²) < 4.78 is 15.4. The predicted molar refractivity (Wildman–Crippen MR) is 109 cm³/mol. The van der Waals surface area contributed by atoms with Crippen LogP contribution in [0.3, 0.4) is 0 Å². The van der Waals surface area contributed by atoms with Gasteiger partial charge in [-0.05, 0) is 44.0 Å². The highest BCUT2D eigenvalue weighted by Gasteiger charge is 2.23. The Morgan fingerprint density at radius 2 is 2.04 bits per heavy atom. The molecule has 2 aromatic carbocycles. The molecule has 0 radical (unpaired) electrons. The molecule has 1 atom stereocenters. The molecular formula is C21H25FN4O2. The lowest BCUT2D eigenvalue weighted by Gasteiger charge is -2.27. The van der Waals surface area contributed by atoms with E-state index in [1.165, 1.54) is 12.1 Å². The van der Waals surface area contributed by atoms with Crippen LogP contribution in [0.4, 0.5) is 14.9 Å². The van der Waals surface area contributed by atoms with Crippen LogP contribution < -0.4 is 10.6 Å². The highest BCUT2D eigenvalue weighted by Crippen LogP contribution is 2.28. The molecular weight excluding hydrogens is 359 g/mol. The van der Waals surface area contributed by atoms with E-state index in [4.69, 9.17) is 0 Å². The largest absolute Gasteiger partial charge is 0.394 e. The van der Waals surface area contributed by atoms with E-state index in [2.05, 4.69) is 15.6 Å². The molecule has 0 spiro atoms. The van der Waals surface area contributed by atoms with Crippen molar-refractivity contribution in [2.45, 2.75) is 32.7 Å². The Morgan fingerprint density at radius 1 is 1.29 bits per heavy atom. The second-order valence-corrected chi connectivity index (χ2v) is 7.31. The van der Waals surface area contributed by atoms with E-state index >= 15 is 0 Å². The SMILES string of the molecule is CCC(C)(CO)NC(=O)Nc1cc(-c2nc3cc(F)ccc3n2C)ccc1C. The molecule has 0 saturated carbocycles. The summed E-state index contributed by atoms with van der Waals surface area (Å²) in [5.41, 5.74) is 3.06. The van der Waals surface area contributed by atoms with E-state index in [1.807, 2.05) is 43.7 Å². The van der Waals surface area contributed by atoms with Gasteiger partial charge < -0.3 is 20.3 Å². The maximum atomic E-state index is 13.5. The van der Waals surface area contributed by atoms with Crippen molar-refractivity contribution in [3.05, 3.63) is 47.8 Å². The molecule has 0 saturated heterocycles. The minimum Gasteiger partial charge on any atom is -0.394 e. The topological polar surface area (TPSA) is 79.2 Å². The fourth-order valence-corrected chi connectivity index (χ4v) is 2.99. The monoisotopic (exact) mass is 384 g/mol. The number of nitrogens with one attached hydrogen (secondary N) is 2. The molecule has 28 heavy (non-hydrogen) atoms. The number of benzene rings is 2. The fraction of sp³-hybridized carbons (Fsp3) is 0.333. The lowest BCUT2D eigenvalue weighted by Crippen LogP contribution is -2.50. The number of aliphatic hydroxyl groups is 1. The normalized spacial score (nSPS) is 13.4. The van der Waals surface area contributed by atoms with Gasteiger partial charge >= 0.3 is 6.03 Å². The van der Waals surface area contributed by atoms with Crippen molar-refractivity contribution in [2.24, 2.45) is 7.05 Å². The average molecular weight is 384 g/mol. The summed E-state index contributed by atoms with van der Waals surface area (Å²) in [7, 11) is 1.87.